The normalized spacial score (nSPS) is 12.7. The molecular formula is C21H32O2. The third-order valence-corrected chi connectivity index (χ3v) is 3.95. The number of hydrogen-bond acceptors (Lipinski definition) is 2. The monoisotopic (exact) mass is 316 g/mol. The van der Waals surface area contributed by atoms with E-state index in [1.807, 2.05) is 37.3 Å². The number of carbonyl (C=O) groups excluding carboxylic acids is 1. The van der Waals surface area contributed by atoms with Gasteiger partial charge >= 0.3 is 5.97 Å². The Morgan fingerprint density at radius 2 is 1.78 bits per heavy atom. The fourth-order valence-corrected chi connectivity index (χ4v) is 2.49. The highest BCUT2D eigenvalue weighted by Crippen LogP contribution is 2.23. The van der Waals surface area contributed by atoms with Gasteiger partial charge in [-0.05, 0) is 35.8 Å². The maximum atomic E-state index is 12.0. The zero-order valence-corrected chi connectivity index (χ0v) is 15.2. The van der Waals surface area contributed by atoms with Gasteiger partial charge in [-0.15, -0.1) is 0 Å². The Kier molecular flexibility index (Phi) is 8.08. The molecule has 0 saturated heterocycles. The summed E-state index contributed by atoms with van der Waals surface area (Å²) in [5, 5.41) is 0. The van der Waals surface area contributed by atoms with Gasteiger partial charge in [0, 0.05) is 0 Å². The summed E-state index contributed by atoms with van der Waals surface area (Å²) >= 11 is 0. The molecule has 0 amide bonds. The second-order valence-electron chi connectivity index (χ2n) is 7.61. The number of hydrogen-bond donors (Lipinski definition) is 0. The number of carbonyl (C=O) groups is 1. The molecule has 0 bridgehead atoms. The topological polar surface area (TPSA) is 26.3 Å². The van der Waals surface area contributed by atoms with E-state index in [0.29, 0.717) is 18.4 Å². The first kappa shape index (κ1) is 19.5. The molecular weight excluding hydrogens is 284 g/mol. The van der Waals surface area contributed by atoms with Crippen LogP contribution in [0.5, 0.6) is 0 Å². The van der Waals surface area contributed by atoms with Gasteiger partial charge in [-0.3, -0.25) is 4.79 Å². The second kappa shape index (κ2) is 9.54. The van der Waals surface area contributed by atoms with Crippen molar-refractivity contribution in [2.75, 3.05) is 6.61 Å². The molecule has 0 aliphatic heterocycles. The van der Waals surface area contributed by atoms with E-state index >= 15 is 0 Å². The lowest BCUT2D eigenvalue weighted by Gasteiger charge is -2.17. The summed E-state index contributed by atoms with van der Waals surface area (Å²) in [5.74, 6) is -0.254. The number of rotatable bonds is 9. The van der Waals surface area contributed by atoms with Crippen LogP contribution in [-0.4, -0.2) is 12.6 Å². The Hall–Kier alpha value is -1.57. The maximum absolute atomic E-state index is 12.0. The quantitative estimate of drug-likeness (QED) is 0.420. The molecule has 1 unspecified atom stereocenters. The summed E-state index contributed by atoms with van der Waals surface area (Å²) in [5.41, 5.74) is 2.47. The molecule has 2 heteroatoms. The molecule has 0 N–H and O–H groups in total. The van der Waals surface area contributed by atoms with Crippen LogP contribution in [0.4, 0.5) is 0 Å². The lowest BCUT2D eigenvalue weighted by molar-refractivity contribution is -0.147. The van der Waals surface area contributed by atoms with E-state index < -0.39 is 0 Å². The summed E-state index contributed by atoms with van der Waals surface area (Å²) < 4.78 is 5.39. The molecule has 0 aliphatic carbocycles. The third-order valence-electron chi connectivity index (χ3n) is 3.95. The lowest BCUT2D eigenvalue weighted by atomic mass is 9.89. The average Bonchev–Trinajstić information content (AvgIpc) is 2.50. The molecule has 1 aromatic rings. The molecule has 0 aliphatic rings. The van der Waals surface area contributed by atoms with E-state index in [4.69, 9.17) is 4.74 Å². The summed E-state index contributed by atoms with van der Waals surface area (Å²) in [6, 6.07) is 10.0. The van der Waals surface area contributed by atoms with E-state index in [9.17, 15) is 4.79 Å². The standard InChI is InChI=1S/C21H32O2/c1-17(19-12-8-6-9-13-19)16-18(2)20(22)23-15-11-7-10-14-21(3,4)5/h6,8-9,12-13,18H,1,7,10-11,14-16H2,2-5H3. The number of ether oxygens (including phenoxy) is 1. The van der Waals surface area contributed by atoms with Gasteiger partial charge < -0.3 is 4.74 Å². The molecule has 128 valence electrons. The lowest BCUT2D eigenvalue weighted by Crippen LogP contribution is -2.16. The number of unbranched alkanes of at least 4 members (excludes halogenated alkanes) is 2. The average molecular weight is 316 g/mol. The molecule has 0 spiro atoms. The van der Waals surface area contributed by atoms with E-state index in [1.165, 1.54) is 12.8 Å². The van der Waals surface area contributed by atoms with Crippen LogP contribution in [0, 0.1) is 11.3 Å². The number of benzene rings is 1. The predicted molar refractivity (Wildman–Crippen MR) is 98.1 cm³/mol. The van der Waals surface area contributed by atoms with Crippen LogP contribution in [0.1, 0.15) is 65.4 Å². The maximum Gasteiger partial charge on any atom is 0.308 e. The van der Waals surface area contributed by atoms with E-state index in [2.05, 4.69) is 27.4 Å². The molecule has 0 aromatic heterocycles. The van der Waals surface area contributed by atoms with E-state index in [1.54, 1.807) is 0 Å². The molecule has 1 atom stereocenters. The minimum absolute atomic E-state index is 0.113. The van der Waals surface area contributed by atoms with Crippen LogP contribution in [-0.2, 0) is 9.53 Å². The minimum Gasteiger partial charge on any atom is -0.465 e. The van der Waals surface area contributed by atoms with Crippen molar-refractivity contribution in [1.82, 2.24) is 0 Å². The highest BCUT2D eigenvalue weighted by molar-refractivity contribution is 5.75. The zero-order valence-electron chi connectivity index (χ0n) is 15.2. The van der Waals surface area contributed by atoms with Crippen LogP contribution in [0.15, 0.2) is 36.9 Å². The highest BCUT2D eigenvalue weighted by atomic mass is 16.5. The number of esters is 1. The van der Waals surface area contributed by atoms with Crippen molar-refractivity contribution in [3.05, 3.63) is 42.5 Å². The van der Waals surface area contributed by atoms with Gasteiger partial charge in [0.05, 0.1) is 12.5 Å². The van der Waals surface area contributed by atoms with Gasteiger partial charge in [-0.1, -0.05) is 77.4 Å². The molecule has 23 heavy (non-hydrogen) atoms. The van der Waals surface area contributed by atoms with E-state index in [-0.39, 0.29) is 11.9 Å². The smallest absolute Gasteiger partial charge is 0.308 e. The first-order valence-electron chi connectivity index (χ1n) is 8.69. The molecule has 0 heterocycles. The fourth-order valence-electron chi connectivity index (χ4n) is 2.49. The largest absolute Gasteiger partial charge is 0.465 e. The van der Waals surface area contributed by atoms with Crippen LogP contribution < -0.4 is 0 Å². The molecule has 0 saturated carbocycles. The van der Waals surface area contributed by atoms with Crippen LogP contribution in [0.3, 0.4) is 0 Å². The Bertz CT molecular complexity index is 482. The van der Waals surface area contributed by atoms with Gasteiger partial charge in [-0.2, -0.15) is 0 Å². The Labute approximate surface area is 141 Å². The molecule has 1 rings (SSSR count). The van der Waals surface area contributed by atoms with Crippen molar-refractivity contribution < 1.29 is 9.53 Å². The van der Waals surface area contributed by atoms with Crippen molar-refractivity contribution >= 4 is 11.5 Å². The van der Waals surface area contributed by atoms with Gasteiger partial charge in [0.2, 0.25) is 0 Å². The van der Waals surface area contributed by atoms with Gasteiger partial charge in [-0.25, -0.2) is 0 Å². The minimum atomic E-state index is -0.141. The van der Waals surface area contributed by atoms with Crippen LogP contribution in [0.2, 0.25) is 0 Å². The van der Waals surface area contributed by atoms with Gasteiger partial charge in [0.25, 0.3) is 0 Å². The summed E-state index contributed by atoms with van der Waals surface area (Å²) in [6.07, 6.45) is 5.13. The first-order chi connectivity index (χ1) is 10.8. The summed E-state index contributed by atoms with van der Waals surface area (Å²) in [4.78, 5) is 12.0. The van der Waals surface area contributed by atoms with Gasteiger partial charge in [0.1, 0.15) is 0 Å². The summed E-state index contributed by atoms with van der Waals surface area (Å²) in [6.45, 7) is 13.3. The van der Waals surface area contributed by atoms with Gasteiger partial charge in [0.15, 0.2) is 0 Å². The van der Waals surface area contributed by atoms with Crippen molar-refractivity contribution in [2.24, 2.45) is 11.3 Å². The fraction of sp³-hybridized carbons (Fsp3) is 0.571. The SMILES string of the molecule is C=C(CC(C)C(=O)OCCCCCC(C)(C)C)c1ccccc1. The Balaban J connectivity index is 2.20. The van der Waals surface area contributed by atoms with Crippen molar-refractivity contribution in [3.8, 4) is 0 Å². The second-order valence-corrected chi connectivity index (χ2v) is 7.61. The highest BCUT2D eigenvalue weighted by Gasteiger charge is 2.16. The zero-order chi connectivity index (χ0) is 17.3. The number of allylic oxidation sites excluding steroid dienone is 1. The third kappa shape index (κ3) is 8.59. The van der Waals surface area contributed by atoms with E-state index in [0.717, 1.165) is 24.0 Å². The predicted octanol–water partition coefficient (Wildman–Crippen LogP) is 5.88. The summed E-state index contributed by atoms with van der Waals surface area (Å²) in [7, 11) is 0. The van der Waals surface area contributed by atoms with Crippen LogP contribution >= 0.6 is 0 Å². The molecule has 0 radical (unpaired) electrons. The molecule has 2 nitrogen and oxygen atoms in total. The van der Waals surface area contributed by atoms with Crippen molar-refractivity contribution in [1.29, 1.82) is 0 Å². The van der Waals surface area contributed by atoms with Crippen molar-refractivity contribution in [2.45, 2.75) is 59.8 Å². The first-order valence-corrected chi connectivity index (χ1v) is 8.69. The van der Waals surface area contributed by atoms with Crippen molar-refractivity contribution in [3.63, 3.8) is 0 Å². The molecule has 0 fully saturated rings. The Morgan fingerprint density at radius 1 is 1.13 bits per heavy atom. The molecule has 1 aromatic carbocycles. The van der Waals surface area contributed by atoms with Crippen LogP contribution in [0.25, 0.3) is 5.57 Å². The Morgan fingerprint density at radius 3 is 2.39 bits per heavy atom.